The van der Waals surface area contributed by atoms with Crippen LogP contribution in [0.5, 0.6) is 0 Å². The predicted molar refractivity (Wildman–Crippen MR) is 236 cm³/mol. The van der Waals surface area contributed by atoms with Crippen molar-refractivity contribution in [1.29, 1.82) is 0 Å². The third-order valence-corrected chi connectivity index (χ3v) is 6.84. The normalized spacial score (nSPS) is 10.7. The summed E-state index contributed by atoms with van der Waals surface area (Å²) in [5.41, 5.74) is 1.22. The summed E-state index contributed by atoms with van der Waals surface area (Å²) in [7, 11) is 0. The van der Waals surface area contributed by atoms with E-state index in [1.54, 1.807) is 18.2 Å². The Morgan fingerprint density at radius 3 is 1.41 bits per heavy atom. The van der Waals surface area contributed by atoms with Gasteiger partial charge in [-0.1, -0.05) is 137 Å². The molecule has 1 atom stereocenters. The summed E-state index contributed by atoms with van der Waals surface area (Å²) in [5.74, 6) is 23.7. The van der Waals surface area contributed by atoms with Crippen LogP contribution >= 0.6 is 0 Å². The van der Waals surface area contributed by atoms with E-state index in [9.17, 15) is 14.4 Å². The molecule has 0 radical (unpaired) electrons. The molecule has 6 nitrogen and oxygen atoms in total. The number of benzene rings is 1. The van der Waals surface area contributed by atoms with Crippen molar-refractivity contribution in [2.75, 3.05) is 19.6 Å². The predicted octanol–water partition coefficient (Wildman–Crippen LogP) is 7.84. The lowest BCUT2D eigenvalue weighted by atomic mass is 10.1. The summed E-state index contributed by atoms with van der Waals surface area (Å²) in [6.07, 6.45) is 42.8. The summed E-state index contributed by atoms with van der Waals surface area (Å²) in [5, 5.41) is 8.49. The number of hydrogen-bond acceptors (Lipinski definition) is 3. The van der Waals surface area contributed by atoms with Gasteiger partial charge in [0.25, 0.3) is 0 Å². The average molecular weight is 750 g/mol. The topological polar surface area (TPSA) is 87.3 Å². The molecule has 0 saturated carbocycles. The summed E-state index contributed by atoms with van der Waals surface area (Å²) in [6.45, 7) is 10.4. The van der Waals surface area contributed by atoms with Crippen molar-refractivity contribution in [2.24, 2.45) is 11.8 Å². The fourth-order valence-corrected chi connectivity index (χ4v) is 3.64. The second-order valence-electron chi connectivity index (χ2n) is 12.2. The number of rotatable bonds is 20. The molecule has 0 saturated heterocycles. The minimum atomic E-state index is -0.0808. The maximum Gasteiger partial charge on any atom is 0.243 e. The van der Waals surface area contributed by atoms with E-state index >= 15 is 0 Å². The highest BCUT2D eigenvalue weighted by atomic mass is 16.2. The molecule has 0 heterocycles. The lowest BCUT2D eigenvalue weighted by Crippen LogP contribution is -2.26. The number of allylic oxidation sites excluding steroid dienone is 9. The van der Waals surface area contributed by atoms with E-state index in [2.05, 4.69) is 96.9 Å². The quantitative estimate of drug-likeness (QED) is 0.0550. The Hall–Kier alpha value is -6.57. The first-order valence-electron chi connectivity index (χ1n) is 18.9. The summed E-state index contributed by atoms with van der Waals surface area (Å²) in [4.78, 5) is 34.1. The second-order valence-corrected chi connectivity index (χ2v) is 12.2. The SMILES string of the molecule is C#CC#CCC/C=C/C=C/C(=O)NCC(C)C.C#CC#CCC/C=C/C=C/C(=O)NCC(C)CC.C#CC#CCC/C=C/C=C/C(=O)NCCc1ccccc1. The zero-order valence-corrected chi connectivity index (χ0v) is 33.7. The van der Waals surface area contributed by atoms with E-state index in [0.29, 0.717) is 24.9 Å². The smallest absolute Gasteiger partial charge is 0.243 e. The van der Waals surface area contributed by atoms with Gasteiger partial charge in [0.2, 0.25) is 17.7 Å². The Morgan fingerprint density at radius 2 is 1.02 bits per heavy atom. The number of carbonyl (C=O) groups excluding carboxylic acids is 3. The minimum absolute atomic E-state index is 0.0490. The van der Waals surface area contributed by atoms with E-state index in [4.69, 9.17) is 19.3 Å². The molecule has 56 heavy (non-hydrogen) atoms. The third-order valence-electron chi connectivity index (χ3n) is 6.84. The van der Waals surface area contributed by atoms with Crippen LogP contribution in [-0.2, 0) is 20.8 Å². The van der Waals surface area contributed by atoms with Crippen LogP contribution in [0.4, 0.5) is 0 Å². The Bertz CT molecular complexity index is 1750. The molecule has 6 heteroatoms. The van der Waals surface area contributed by atoms with Gasteiger partial charge in [-0.25, -0.2) is 0 Å². The molecule has 0 aliphatic carbocycles. The average Bonchev–Trinajstić information content (AvgIpc) is 3.20. The Morgan fingerprint density at radius 1 is 0.607 bits per heavy atom. The van der Waals surface area contributed by atoms with Crippen LogP contribution in [0, 0.1) is 84.4 Å². The minimum Gasteiger partial charge on any atom is -0.352 e. The van der Waals surface area contributed by atoms with Crippen molar-refractivity contribution in [3.05, 3.63) is 109 Å². The van der Waals surface area contributed by atoms with Gasteiger partial charge in [0.05, 0.1) is 0 Å². The van der Waals surface area contributed by atoms with Gasteiger partial charge in [-0.3, -0.25) is 14.4 Å². The van der Waals surface area contributed by atoms with Gasteiger partial charge in [0.1, 0.15) is 0 Å². The van der Waals surface area contributed by atoms with Crippen LogP contribution in [0.1, 0.15) is 78.2 Å². The van der Waals surface area contributed by atoms with Crippen LogP contribution in [0.3, 0.4) is 0 Å². The van der Waals surface area contributed by atoms with Crippen molar-refractivity contribution < 1.29 is 14.4 Å². The number of unbranched alkanes of at least 4 members (excludes halogenated alkanes) is 3. The lowest BCUT2D eigenvalue weighted by molar-refractivity contribution is -0.117. The molecule has 0 aliphatic heterocycles. The molecule has 1 rings (SSSR count). The highest BCUT2D eigenvalue weighted by molar-refractivity contribution is 5.88. The molecule has 1 aromatic rings. The molecular weight excluding hydrogens is 691 g/mol. The Labute approximate surface area is 338 Å². The highest BCUT2D eigenvalue weighted by Gasteiger charge is 2.00. The van der Waals surface area contributed by atoms with Crippen LogP contribution in [0.25, 0.3) is 0 Å². The molecule has 1 unspecified atom stereocenters. The van der Waals surface area contributed by atoms with Gasteiger partial charge >= 0.3 is 0 Å². The molecule has 1 aromatic carbocycles. The summed E-state index contributed by atoms with van der Waals surface area (Å²) >= 11 is 0. The van der Waals surface area contributed by atoms with Crippen molar-refractivity contribution in [1.82, 2.24) is 16.0 Å². The maximum atomic E-state index is 11.5. The lowest BCUT2D eigenvalue weighted by Gasteiger charge is -2.07. The van der Waals surface area contributed by atoms with Crippen LogP contribution in [0.2, 0.25) is 0 Å². The number of terminal acetylenes is 3. The highest BCUT2D eigenvalue weighted by Crippen LogP contribution is 1.99. The fourth-order valence-electron chi connectivity index (χ4n) is 3.64. The van der Waals surface area contributed by atoms with E-state index < -0.39 is 0 Å². The van der Waals surface area contributed by atoms with Crippen LogP contribution in [-0.4, -0.2) is 37.4 Å². The molecule has 0 bridgehead atoms. The maximum absolute atomic E-state index is 11.5. The van der Waals surface area contributed by atoms with Gasteiger partial charge in [0, 0.05) is 57.1 Å². The van der Waals surface area contributed by atoms with Crippen LogP contribution in [0.15, 0.2) is 103 Å². The van der Waals surface area contributed by atoms with Crippen molar-refractivity contribution in [3.63, 3.8) is 0 Å². The fraction of sp³-hybridized carbons (Fsp3) is 0.340. The zero-order chi connectivity index (χ0) is 41.7. The van der Waals surface area contributed by atoms with Gasteiger partial charge in [0.15, 0.2) is 0 Å². The molecular formula is C50H59N3O3. The third kappa shape index (κ3) is 41.8. The number of amides is 3. The molecule has 3 N–H and O–H groups in total. The molecule has 3 amide bonds. The first-order chi connectivity index (χ1) is 27.2. The van der Waals surface area contributed by atoms with Crippen molar-refractivity contribution >= 4 is 17.7 Å². The first kappa shape index (κ1) is 51.5. The second kappa shape index (κ2) is 41.2. The van der Waals surface area contributed by atoms with E-state index in [0.717, 1.165) is 57.9 Å². The molecule has 292 valence electrons. The Balaban J connectivity index is 0. The standard InChI is InChI=1S/C19H19NO.C16H21NO.C15H19NO/c1-2-3-4-5-6-7-8-12-15-19(21)20-17-16-18-13-10-9-11-14-18;1-4-6-7-8-9-10-11-12-13-16(18)17-14-15(3)5-2;1-4-5-6-7-8-9-10-11-12-15(17)16-13-14(2)3/h1,7-15H,5-6,16-17H2,(H,20,21);1,10-13,15H,5,8-9,14H2,2-3H3,(H,17,18);1,9-12,14H,7-8,13H2,2-3H3,(H,16,17)/b8-7+,15-12+;11-10+,13-12+;10-9+,12-11+. The molecule has 0 spiro atoms. The number of nitrogens with one attached hydrogen (secondary N) is 3. The Kier molecular flexibility index (Phi) is 37.9. The molecule has 0 aliphatic rings. The van der Waals surface area contributed by atoms with Gasteiger partial charge < -0.3 is 16.0 Å². The van der Waals surface area contributed by atoms with E-state index in [-0.39, 0.29) is 17.7 Å². The zero-order valence-electron chi connectivity index (χ0n) is 33.7. The molecule has 0 fully saturated rings. The number of carbonyl (C=O) groups is 3. The van der Waals surface area contributed by atoms with Crippen molar-refractivity contribution in [2.45, 2.75) is 79.1 Å². The van der Waals surface area contributed by atoms with Gasteiger partial charge in [-0.15, -0.1) is 19.3 Å². The first-order valence-corrected chi connectivity index (χ1v) is 18.9. The monoisotopic (exact) mass is 749 g/mol. The van der Waals surface area contributed by atoms with Crippen LogP contribution < -0.4 is 16.0 Å². The van der Waals surface area contributed by atoms with E-state index in [1.165, 1.54) is 23.8 Å². The summed E-state index contributed by atoms with van der Waals surface area (Å²) < 4.78 is 0. The van der Waals surface area contributed by atoms with Crippen molar-refractivity contribution in [3.8, 4) is 72.6 Å². The van der Waals surface area contributed by atoms with E-state index in [1.807, 2.05) is 66.8 Å². The summed E-state index contributed by atoms with van der Waals surface area (Å²) in [6, 6.07) is 10.1. The number of hydrogen-bond donors (Lipinski definition) is 3. The van der Waals surface area contributed by atoms with Gasteiger partial charge in [-0.05, 0) is 78.6 Å². The molecule has 0 aromatic heterocycles. The van der Waals surface area contributed by atoms with Gasteiger partial charge in [-0.2, -0.15) is 0 Å². The largest absolute Gasteiger partial charge is 0.352 e.